The number of amides is 1. The van der Waals surface area contributed by atoms with E-state index in [1.165, 1.54) is 23.1 Å². The second-order valence-corrected chi connectivity index (χ2v) is 7.21. The summed E-state index contributed by atoms with van der Waals surface area (Å²) in [6.45, 7) is 2.54. The van der Waals surface area contributed by atoms with Crippen LogP contribution in [0.4, 0.5) is 4.39 Å². The van der Waals surface area contributed by atoms with E-state index in [9.17, 15) is 14.4 Å². The summed E-state index contributed by atoms with van der Waals surface area (Å²) in [5.74, 6) is 0.399. The van der Waals surface area contributed by atoms with Crippen LogP contribution in [-0.2, 0) is 11.4 Å². The van der Waals surface area contributed by atoms with Gasteiger partial charge in [-0.3, -0.25) is 4.79 Å². The molecule has 28 heavy (non-hydrogen) atoms. The Kier molecular flexibility index (Phi) is 7.81. The highest BCUT2D eigenvalue weighted by atomic mass is 127. The van der Waals surface area contributed by atoms with Crippen LogP contribution in [0.1, 0.15) is 18.1 Å². The highest BCUT2D eigenvalue weighted by Crippen LogP contribution is 2.35. The Hall–Kier alpha value is -2.60. The van der Waals surface area contributed by atoms with Crippen LogP contribution in [-0.4, -0.2) is 31.5 Å². The van der Waals surface area contributed by atoms with Crippen molar-refractivity contribution in [2.45, 2.75) is 13.5 Å². The fraction of sp³-hybridized carbons (Fsp3) is 0.238. The van der Waals surface area contributed by atoms with Gasteiger partial charge >= 0.3 is 0 Å². The van der Waals surface area contributed by atoms with Crippen LogP contribution in [0.5, 0.6) is 11.5 Å². The first-order chi connectivity index (χ1) is 13.3. The Morgan fingerprint density at radius 1 is 1.25 bits per heavy atom. The molecule has 0 heterocycles. The van der Waals surface area contributed by atoms with E-state index in [0.717, 1.165) is 9.13 Å². The minimum absolute atomic E-state index is 0.0308. The third-order valence-corrected chi connectivity index (χ3v) is 4.50. The van der Waals surface area contributed by atoms with Gasteiger partial charge in [0.25, 0.3) is 5.91 Å². The van der Waals surface area contributed by atoms with Gasteiger partial charge in [0.05, 0.1) is 10.2 Å². The van der Waals surface area contributed by atoms with Gasteiger partial charge in [-0.05, 0) is 71.0 Å². The average Bonchev–Trinajstić information content (AvgIpc) is 2.66. The second kappa shape index (κ2) is 10.1. The van der Waals surface area contributed by atoms with E-state index in [0.29, 0.717) is 23.7 Å². The number of likely N-dealkylation sites (N-methyl/N-ethyl adjacent to an activating group) is 1. The minimum Gasteiger partial charge on any atom is -0.490 e. The van der Waals surface area contributed by atoms with Gasteiger partial charge in [-0.15, -0.1) is 0 Å². The Morgan fingerprint density at radius 2 is 1.93 bits per heavy atom. The molecule has 7 heteroatoms. The number of carbonyl (C=O) groups excluding carboxylic acids is 1. The van der Waals surface area contributed by atoms with Crippen LogP contribution in [0.2, 0.25) is 0 Å². The Morgan fingerprint density at radius 3 is 2.50 bits per heavy atom. The van der Waals surface area contributed by atoms with Crippen molar-refractivity contribution < 1.29 is 18.7 Å². The fourth-order valence-corrected chi connectivity index (χ4v) is 3.14. The van der Waals surface area contributed by atoms with E-state index in [1.807, 2.05) is 19.1 Å². The number of hydrogen-bond donors (Lipinski definition) is 0. The van der Waals surface area contributed by atoms with E-state index >= 15 is 0 Å². The van der Waals surface area contributed by atoms with Gasteiger partial charge < -0.3 is 14.4 Å². The van der Waals surface area contributed by atoms with Gasteiger partial charge in [0.2, 0.25) is 0 Å². The minimum atomic E-state index is -0.368. The summed E-state index contributed by atoms with van der Waals surface area (Å²) in [5.41, 5.74) is 1.52. The summed E-state index contributed by atoms with van der Waals surface area (Å²) >= 11 is 2.12. The summed E-state index contributed by atoms with van der Waals surface area (Å²) < 4.78 is 25.4. The number of ether oxygens (including phenoxy) is 2. The Labute approximate surface area is 177 Å². The number of carbonyl (C=O) groups is 1. The predicted molar refractivity (Wildman–Crippen MR) is 113 cm³/mol. The lowest BCUT2D eigenvalue weighted by Gasteiger charge is -2.15. The molecule has 0 bridgehead atoms. The van der Waals surface area contributed by atoms with Crippen LogP contribution in [0.15, 0.2) is 42.0 Å². The van der Waals surface area contributed by atoms with Gasteiger partial charge in [0.1, 0.15) is 24.1 Å². The van der Waals surface area contributed by atoms with E-state index < -0.39 is 0 Å². The third-order valence-electron chi connectivity index (χ3n) is 3.70. The number of halogens is 2. The van der Waals surface area contributed by atoms with Gasteiger partial charge in [-0.25, -0.2) is 4.39 Å². The van der Waals surface area contributed by atoms with Crippen LogP contribution in [0.3, 0.4) is 0 Å². The molecular formula is C21H20FIN2O3. The molecule has 0 saturated heterocycles. The smallest absolute Gasteiger partial charge is 0.264 e. The maximum absolute atomic E-state index is 13.0. The molecule has 0 aliphatic carbocycles. The average molecular weight is 494 g/mol. The molecule has 0 saturated carbocycles. The molecule has 146 valence electrons. The zero-order valence-corrected chi connectivity index (χ0v) is 18.0. The van der Waals surface area contributed by atoms with E-state index in [4.69, 9.17) is 9.47 Å². The van der Waals surface area contributed by atoms with Crippen LogP contribution < -0.4 is 9.47 Å². The van der Waals surface area contributed by atoms with Crippen molar-refractivity contribution in [3.8, 4) is 17.6 Å². The zero-order valence-electron chi connectivity index (χ0n) is 15.8. The highest BCUT2D eigenvalue weighted by Gasteiger charge is 2.15. The number of benzene rings is 2. The molecule has 5 nitrogen and oxygen atoms in total. The monoisotopic (exact) mass is 494 g/mol. The molecule has 0 unspecified atom stereocenters. The van der Waals surface area contributed by atoms with Crippen molar-refractivity contribution in [1.82, 2.24) is 4.90 Å². The van der Waals surface area contributed by atoms with Crippen LogP contribution >= 0.6 is 22.6 Å². The maximum Gasteiger partial charge on any atom is 0.264 e. The van der Waals surface area contributed by atoms with Crippen LogP contribution in [0.25, 0.3) is 6.08 Å². The third kappa shape index (κ3) is 5.70. The molecule has 0 aliphatic heterocycles. The SMILES string of the molecule is CCOc1cc(/C=C(/C#N)C(=O)N(C)C)cc(I)c1OCc1ccc(F)cc1. The first-order valence-electron chi connectivity index (χ1n) is 8.52. The summed E-state index contributed by atoms with van der Waals surface area (Å²) in [6.07, 6.45) is 1.52. The van der Waals surface area contributed by atoms with Gasteiger partial charge in [0.15, 0.2) is 11.5 Å². The van der Waals surface area contributed by atoms with E-state index in [1.54, 1.807) is 32.3 Å². The molecule has 0 N–H and O–H groups in total. The first-order valence-corrected chi connectivity index (χ1v) is 9.60. The predicted octanol–water partition coefficient (Wildman–Crippen LogP) is 4.40. The summed E-state index contributed by atoms with van der Waals surface area (Å²) in [5, 5.41) is 9.28. The topological polar surface area (TPSA) is 62.6 Å². The molecule has 2 aromatic carbocycles. The lowest BCUT2D eigenvalue weighted by atomic mass is 10.1. The van der Waals surface area contributed by atoms with Crippen molar-refractivity contribution in [3.05, 3.63) is 62.5 Å². The number of nitrogens with zero attached hydrogens (tertiary/aromatic N) is 2. The molecule has 0 spiro atoms. The number of hydrogen-bond acceptors (Lipinski definition) is 4. The summed E-state index contributed by atoms with van der Waals surface area (Å²) in [4.78, 5) is 13.4. The molecule has 0 fully saturated rings. The maximum atomic E-state index is 13.0. The zero-order chi connectivity index (χ0) is 20.7. The van der Waals surface area contributed by atoms with Crippen molar-refractivity contribution in [3.63, 3.8) is 0 Å². The van der Waals surface area contributed by atoms with E-state index in [-0.39, 0.29) is 23.9 Å². The van der Waals surface area contributed by atoms with Crippen molar-refractivity contribution in [2.24, 2.45) is 0 Å². The van der Waals surface area contributed by atoms with Crippen molar-refractivity contribution in [2.75, 3.05) is 20.7 Å². The summed E-state index contributed by atoms with van der Waals surface area (Å²) in [7, 11) is 3.19. The van der Waals surface area contributed by atoms with Gasteiger partial charge in [-0.2, -0.15) is 5.26 Å². The standard InChI is InChI=1S/C21H20FIN2O3/c1-4-27-19-11-15(9-16(12-24)21(26)25(2)3)10-18(23)20(19)28-13-14-5-7-17(22)8-6-14/h5-11H,4,13H2,1-3H3/b16-9-. The fourth-order valence-electron chi connectivity index (χ4n) is 2.36. The van der Waals surface area contributed by atoms with Crippen molar-refractivity contribution in [1.29, 1.82) is 5.26 Å². The lowest BCUT2D eigenvalue weighted by Crippen LogP contribution is -2.22. The molecule has 0 radical (unpaired) electrons. The van der Waals surface area contributed by atoms with Gasteiger partial charge in [0, 0.05) is 14.1 Å². The molecule has 2 rings (SSSR count). The normalized spacial score (nSPS) is 10.9. The number of rotatable bonds is 7. The molecule has 2 aromatic rings. The van der Waals surface area contributed by atoms with Crippen LogP contribution in [0, 0.1) is 20.7 Å². The number of nitriles is 1. The highest BCUT2D eigenvalue weighted by molar-refractivity contribution is 14.1. The molecule has 0 aromatic heterocycles. The Bertz CT molecular complexity index is 918. The summed E-state index contributed by atoms with van der Waals surface area (Å²) in [6, 6.07) is 11.5. The molecule has 1 amide bonds. The van der Waals surface area contributed by atoms with Gasteiger partial charge in [-0.1, -0.05) is 12.1 Å². The largest absolute Gasteiger partial charge is 0.490 e. The second-order valence-electron chi connectivity index (χ2n) is 6.05. The molecule has 0 atom stereocenters. The van der Waals surface area contributed by atoms with Crippen molar-refractivity contribution >= 4 is 34.6 Å². The first kappa shape index (κ1) is 21.7. The molecular weight excluding hydrogens is 474 g/mol. The lowest BCUT2D eigenvalue weighted by molar-refractivity contribution is -0.124. The van der Waals surface area contributed by atoms with E-state index in [2.05, 4.69) is 22.6 Å². The quantitative estimate of drug-likeness (QED) is 0.325. The molecule has 0 aliphatic rings. The Balaban J connectivity index is 2.34.